The second kappa shape index (κ2) is 8.05. The molecule has 0 bridgehead atoms. The molecule has 0 radical (unpaired) electrons. The molecular formula is C17H16N4O7. The summed E-state index contributed by atoms with van der Waals surface area (Å²) in [5.41, 5.74) is 0.538. The average Bonchev–Trinajstić information content (AvgIpc) is 2.89. The van der Waals surface area contributed by atoms with Gasteiger partial charge in [-0.3, -0.25) is 34.2 Å². The average molecular weight is 388 g/mol. The van der Waals surface area contributed by atoms with Gasteiger partial charge in [-0.25, -0.2) is 0 Å². The zero-order valence-corrected chi connectivity index (χ0v) is 14.6. The number of carbonyl (C=O) groups is 5. The Balaban J connectivity index is 1.69. The van der Waals surface area contributed by atoms with Crippen molar-refractivity contribution in [2.45, 2.75) is 25.3 Å². The molecule has 1 aromatic rings. The summed E-state index contributed by atoms with van der Waals surface area (Å²) >= 11 is 0. The smallest absolute Gasteiger partial charge is 0.305 e. The number of hydrogen-bond acceptors (Lipinski definition) is 8. The number of nitrogens with zero attached hydrogens (tertiary/aromatic N) is 3. The van der Waals surface area contributed by atoms with Crippen molar-refractivity contribution >= 4 is 35.3 Å². The van der Waals surface area contributed by atoms with Crippen LogP contribution in [0.4, 0.5) is 5.69 Å². The SMILES string of the molecule is O=C(O)CCOC/N=N/c1ccc2c(c1)C(=O)N(C1CCC(=O)NC1=O)C2=O. The van der Waals surface area contributed by atoms with E-state index in [1.807, 2.05) is 0 Å². The van der Waals surface area contributed by atoms with Crippen LogP contribution in [0.25, 0.3) is 0 Å². The summed E-state index contributed by atoms with van der Waals surface area (Å²) in [7, 11) is 0. The predicted octanol–water partition coefficient (Wildman–Crippen LogP) is 0.620. The van der Waals surface area contributed by atoms with Crippen LogP contribution in [-0.2, 0) is 19.1 Å². The van der Waals surface area contributed by atoms with Crippen LogP contribution in [0.1, 0.15) is 40.0 Å². The quantitative estimate of drug-likeness (QED) is 0.394. The summed E-state index contributed by atoms with van der Waals surface area (Å²) in [6.07, 6.45) is -0.0251. The van der Waals surface area contributed by atoms with E-state index in [-0.39, 0.29) is 43.7 Å². The second-order valence-electron chi connectivity index (χ2n) is 6.10. The highest BCUT2D eigenvalue weighted by Crippen LogP contribution is 2.30. The van der Waals surface area contributed by atoms with Crippen molar-refractivity contribution in [1.29, 1.82) is 0 Å². The fourth-order valence-electron chi connectivity index (χ4n) is 2.90. The maximum Gasteiger partial charge on any atom is 0.305 e. The first-order chi connectivity index (χ1) is 13.4. The van der Waals surface area contributed by atoms with Crippen molar-refractivity contribution in [2.24, 2.45) is 10.2 Å². The van der Waals surface area contributed by atoms with Crippen LogP contribution < -0.4 is 5.32 Å². The Hall–Kier alpha value is -3.47. The van der Waals surface area contributed by atoms with E-state index in [1.165, 1.54) is 18.2 Å². The minimum Gasteiger partial charge on any atom is -0.481 e. The minimum atomic E-state index is -1.03. The van der Waals surface area contributed by atoms with Crippen molar-refractivity contribution in [3.8, 4) is 0 Å². The topological polar surface area (TPSA) is 155 Å². The Morgan fingerprint density at radius 2 is 1.96 bits per heavy atom. The van der Waals surface area contributed by atoms with Crippen LogP contribution in [0.2, 0.25) is 0 Å². The van der Waals surface area contributed by atoms with E-state index in [2.05, 4.69) is 15.5 Å². The minimum absolute atomic E-state index is 0.00750. The second-order valence-corrected chi connectivity index (χ2v) is 6.10. The molecule has 2 aliphatic rings. The maximum atomic E-state index is 12.7. The van der Waals surface area contributed by atoms with Crippen LogP contribution in [0.5, 0.6) is 0 Å². The number of piperidine rings is 1. The molecule has 4 amide bonds. The van der Waals surface area contributed by atoms with Gasteiger partial charge in [0.1, 0.15) is 6.04 Å². The third-order valence-corrected chi connectivity index (χ3v) is 4.22. The lowest BCUT2D eigenvalue weighted by Crippen LogP contribution is -2.54. The Morgan fingerprint density at radius 1 is 1.21 bits per heavy atom. The predicted molar refractivity (Wildman–Crippen MR) is 90.7 cm³/mol. The molecule has 3 rings (SSSR count). The lowest BCUT2D eigenvalue weighted by Gasteiger charge is -2.27. The first-order valence-corrected chi connectivity index (χ1v) is 8.41. The molecule has 0 aliphatic carbocycles. The number of imide groups is 2. The molecule has 146 valence electrons. The number of benzene rings is 1. The van der Waals surface area contributed by atoms with E-state index in [0.29, 0.717) is 5.69 Å². The van der Waals surface area contributed by atoms with E-state index in [4.69, 9.17) is 9.84 Å². The Kier molecular flexibility index (Phi) is 5.54. The van der Waals surface area contributed by atoms with Gasteiger partial charge in [0.15, 0.2) is 6.73 Å². The van der Waals surface area contributed by atoms with Gasteiger partial charge in [0.2, 0.25) is 11.8 Å². The number of carboxylic acid groups (broad SMARTS) is 1. The summed E-state index contributed by atoms with van der Waals surface area (Å²) in [5.74, 6) is -3.34. The summed E-state index contributed by atoms with van der Waals surface area (Å²) < 4.78 is 4.97. The normalized spacial score (nSPS) is 19.3. The maximum absolute atomic E-state index is 12.7. The van der Waals surface area contributed by atoms with Gasteiger partial charge in [0.25, 0.3) is 11.8 Å². The van der Waals surface area contributed by atoms with E-state index >= 15 is 0 Å². The van der Waals surface area contributed by atoms with Gasteiger partial charge in [-0.05, 0) is 24.6 Å². The molecule has 1 aromatic carbocycles. The van der Waals surface area contributed by atoms with Gasteiger partial charge in [-0.2, -0.15) is 10.2 Å². The lowest BCUT2D eigenvalue weighted by molar-refractivity contribution is -0.138. The largest absolute Gasteiger partial charge is 0.481 e. The first kappa shape index (κ1) is 19.3. The molecule has 0 saturated carbocycles. The molecule has 11 heteroatoms. The number of fused-ring (bicyclic) bond motifs is 1. The molecule has 1 unspecified atom stereocenters. The van der Waals surface area contributed by atoms with Crippen LogP contribution in [0, 0.1) is 0 Å². The monoisotopic (exact) mass is 388 g/mol. The van der Waals surface area contributed by atoms with Crippen LogP contribution >= 0.6 is 0 Å². The Bertz CT molecular complexity index is 895. The number of carbonyl (C=O) groups excluding carboxylic acids is 4. The molecule has 0 spiro atoms. The van der Waals surface area contributed by atoms with E-state index < -0.39 is 35.6 Å². The Morgan fingerprint density at radius 3 is 2.68 bits per heavy atom. The van der Waals surface area contributed by atoms with Crippen molar-refractivity contribution in [3.05, 3.63) is 29.3 Å². The number of azo groups is 1. The van der Waals surface area contributed by atoms with Gasteiger partial charge in [0.05, 0.1) is 29.8 Å². The third-order valence-electron chi connectivity index (χ3n) is 4.22. The molecule has 2 N–H and O–H groups in total. The van der Waals surface area contributed by atoms with Crippen molar-refractivity contribution in [3.63, 3.8) is 0 Å². The number of rotatable bonds is 7. The number of ether oxygens (including phenoxy) is 1. The van der Waals surface area contributed by atoms with E-state index in [9.17, 15) is 24.0 Å². The molecule has 0 aromatic heterocycles. The first-order valence-electron chi connectivity index (χ1n) is 8.41. The molecule has 2 aliphatic heterocycles. The van der Waals surface area contributed by atoms with Crippen molar-refractivity contribution < 1.29 is 33.8 Å². The number of hydrogen-bond donors (Lipinski definition) is 2. The molecule has 1 saturated heterocycles. The van der Waals surface area contributed by atoms with Gasteiger partial charge in [-0.15, -0.1) is 0 Å². The lowest BCUT2D eigenvalue weighted by atomic mass is 10.0. The van der Waals surface area contributed by atoms with Gasteiger partial charge in [0, 0.05) is 6.42 Å². The standard InChI is InChI=1S/C17H16N4O7/c22-13-4-3-12(15(25)19-13)21-16(26)10-2-1-9(7-11(10)17(21)27)20-18-8-28-6-5-14(23)24/h1-2,7,12H,3-6,8H2,(H,23,24)(H,19,22,25)/b20-18+. The molecule has 1 atom stereocenters. The molecule has 2 heterocycles. The summed E-state index contributed by atoms with van der Waals surface area (Å²) in [5, 5.41) is 18.2. The molecule has 11 nitrogen and oxygen atoms in total. The number of nitrogens with one attached hydrogen (secondary N) is 1. The van der Waals surface area contributed by atoms with Crippen molar-refractivity contribution in [2.75, 3.05) is 13.3 Å². The zero-order valence-electron chi connectivity index (χ0n) is 14.6. The molecule has 1 fully saturated rings. The number of amides is 4. The van der Waals surface area contributed by atoms with Crippen molar-refractivity contribution in [1.82, 2.24) is 10.2 Å². The fourth-order valence-corrected chi connectivity index (χ4v) is 2.90. The van der Waals surface area contributed by atoms with E-state index in [1.54, 1.807) is 0 Å². The highest BCUT2D eigenvalue weighted by molar-refractivity contribution is 6.23. The highest BCUT2D eigenvalue weighted by Gasteiger charge is 2.44. The van der Waals surface area contributed by atoms with Crippen LogP contribution in [0.3, 0.4) is 0 Å². The molecule has 28 heavy (non-hydrogen) atoms. The van der Waals surface area contributed by atoms with Crippen LogP contribution in [0.15, 0.2) is 28.4 Å². The van der Waals surface area contributed by atoms with Crippen LogP contribution in [-0.4, -0.2) is 59.0 Å². The zero-order chi connectivity index (χ0) is 20.3. The third kappa shape index (κ3) is 3.93. The van der Waals surface area contributed by atoms with Gasteiger partial charge >= 0.3 is 5.97 Å². The Labute approximate surface area is 158 Å². The number of carboxylic acids is 1. The fraction of sp³-hybridized carbons (Fsp3) is 0.353. The summed E-state index contributed by atoms with van der Waals surface area (Å²) in [4.78, 5) is 59.7. The van der Waals surface area contributed by atoms with E-state index in [0.717, 1.165) is 4.90 Å². The summed E-state index contributed by atoms with van der Waals surface area (Å²) in [6, 6.07) is 3.25. The van der Waals surface area contributed by atoms with Gasteiger partial charge < -0.3 is 9.84 Å². The highest BCUT2D eigenvalue weighted by atomic mass is 16.5. The number of aliphatic carboxylic acids is 1. The van der Waals surface area contributed by atoms with Gasteiger partial charge in [-0.1, -0.05) is 0 Å². The molecular weight excluding hydrogens is 372 g/mol. The summed E-state index contributed by atoms with van der Waals surface area (Å²) in [6.45, 7) is -0.161.